The minimum Gasteiger partial charge on any atom is -0.497 e. The van der Waals surface area contributed by atoms with E-state index in [2.05, 4.69) is 24.1 Å². The van der Waals surface area contributed by atoms with Crippen LogP contribution < -0.4 is 15.2 Å². The highest BCUT2D eigenvalue weighted by Gasteiger charge is 2.03. The Kier molecular flexibility index (Phi) is 6.54. The fourth-order valence-corrected chi connectivity index (χ4v) is 1.80. The summed E-state index contributed by atoms with van der Waals surface area (Å²) in [6.07, 6.45) is 2.02. The smallest absolute Gasteiger partial charge is 0.122 e. The minimum atomic E-state index is 0.747. The molecule has 0 amide bonds. The molecule has 0 bridgehead atoms. The monoisotopic (exact) mass is 252 g/mol. The Labute approximate surface area is 110 Å². The summed E-state index contributed by atoms with van der Waals surface area (Å²) in [7, 11) is 5.46. The van der Waals surface area contributed by atoms with E-state index >= 15 is 0 Å². The molecule has 0 aliphatic rings. The van der Waals surface area contributed by atoms with Gasteiger partial charge in [-0.1, -0.05) is 0 Å². The SMILES string of the molecule is COc1cc(CCN(C)CCCN)cc(OC)c1. The van der Waals surface area contributed by atoms with Crippen LogP contribution in [-0.2, 0) is 6.42 Å². The Balaban J connectivity index is 2.55. The zero-order chi connectivity index (χ0) is 13.4. The van der Waals surface area contributed by atoms with Gasteiger partial charge in [-0.25, -0.2) is 0 Å². The van der Waals surface area contributed by atoms with E-state index in [1.54, 1.807) is 14.2 Å². The Hall–Kier alpha value is -1.26. The maximum absolute atomic E-state index is 5.50. The molecule has 2 N–H and O–H groups in total. The third-order valence-electron chi connectivity index (χ3n) is 2.94. The number of methoxy groups -OCH3 is 2. The number of nitrogens with two attached hydrogens (primary N) is 1. The van der Waals surface area contributed by atoms with Crippen molar-refractivity contribution < 1.29 is 9.47 Å². The summed E-state index contributed by atoms with van der Waals surface area (Å²) < 4.78 is 10.5. The number of hydrogen-bond acceptors (Lipinski definition) is 4. The molecule has 0 heterocycles. The van der Waals surface area contributed by atoms with Gasteiger partial charge in [0, 0.05) is 12.6 Å². The predicted octanol–water partition coefficient (Wildman–Crippen LogP) is 1.53. The third kappa shape index (κ3) is 4.94. The second kappa shape index (κ2) is 7.95. The standard InChI is InChI=1S/C14H24N2O2/c1-16(7-4-6-15)8-5-12-9-13(17-2)11-14(10-12)18-3/h9-11H,4-8,15H2,1-3H3. The number of likely N-dealkylation sites (N-methyl/N-ethyl adjacent to an activating group) is 1. The largest absolute Gasteiger partial charge is 0.497 e. The van der Waals surface area contributed by atoms with Crippen molar-refractivity contribution in [3.8, 4) is 11.5 Å². The van der Waals surface area contributed by atoms with E-state index in [9.17, 15) is 0 Å². The lowest BCUT2D eigenvalue weighted by Crippen LogP contribution is -2.24. The maximum Gasteiger partial charge on any atom is 0.122 e. The zero-order valence-corrected chi connectivity index (χ0v) is 11.6. The van der Waals surface area contributed by atoms with Gasteiger partial charge >= 0.3 is 0 Å². The normalized spacial score (nSPS) is 10.7. The zero-order valence-electron chi connectivity index (χ0n) is 11.6. The summed E-state index contributed by atoms with van der Waals surface area (Å²) in [5.74, 6) is 1.68. The van der Waals surface area contributed by atoms with Crippen LogP contribution >= 0.6 is 0 Å². The van der Waals surface area contributed by atoms with Gasteiger partial charge in [-0.3, -0.25) is 0 Å². The molecule has 0 fully saturated rings. The fraction of sp³-hybridized carbons (Fsp3) is 0.571. The molecule has 0 saturated heterocycles. The molecule has 102 valence electrons. The molecule has 0 aromatic heterocycles. The molecule has 4 heteroatoms. The highest BCUT2D eigenvalue weighted by molar-refractivity contribution is 5.38. The van der Waals surface area contributed by atoms with Crippen molar-refractivity contribution in [2.45, 2.75) is 12.8 Å². The first kappa shape index (κ1) is 14.8. The van der Waals surface area contributed by atoms with Gasteiger partial charge < -0.3 is 20.1 Å². The van der Waals surface area contributed by atoms with E-state index in [4.69, 9.17) is 15.2 Å². The van der Waals surface area contributed by atoms with Gasteiger partial charge in [0.05, 0.1) is 14.2 Å². The molecule has 0 aliphatic carbocycles. The summed E-state index contributed by atoms with van der Waals surface area (Å²) in [5, 5.41) is 0. The van der Waals surface area contributed by atoms with Crippen molar-refractivity contribution in [3.05, 3.63) is 23.8 Å². The van der Waals surface area contributed by atoms with E-state index in [0.29, 0.717) is 0 Å². The molecule has 1 aromatic carbocycles. The van der Waals surface area contributed by atoms with E-state index in [0.717, 1.165) is 44.0 Å². The lowest BCUT2D eigenvalue weighted by Gasteiger charge is -2.16. The fourth-order valence-electron chi connectivity index (χ4n) is 1.80. The second-order valence-electron chi connectivity index (χ2n) is 4.42. The average Bonchev–Trinajstić information content (AvgIpc) is 2.42. The Morgan fingerprint density at radius 3 is 2.17 bits per heavy atom. The van der Waals surface area contributed by atoms with Crippen LogP contribution in [0, 0.1) is 0 Å². The number of rotatable bonds is 8. The Morgan fingerprint density at radius 1 is 1.06 bits per heavy atom. The molecule has 0 saturated carbocycles. The molecule has 0 radical (unpaired) electrons. The van der Waals surface area contributed by atoms with E-state index in [1.165, 1.54) is 5.56 Å². The highest BCUT2D eigenvalue weighted by Crippen LogP contribution is 2.22. The summed E-state index contributed by atoms with van der Waals surface area (Å²) in [5.41, 5.74) is 6.73. The number of nitrogens with zero attached hydrogens (tertiary/aromatic N) is 1. The topological polar surface area (TPSA) is 47.7 Å². The molecule has 4 nitrogen and oxygen atoms in total. The van der Waals surface area contributed by atoms with Crippen LogP contribution in [-0.4, -0.2) is 45.8 Å². The molecule has 18 heavy (non-hydrogen) atoms. The predicted molar refractivity (Wildman–Crippen MR) is 74.4 cm³/mol. The van der Waals surface area contributed by atoms with Crippen molar-refractivity contribution in [1.82, 2.24) is 4.90 Å². The molecular formula is C14H24N2O2. The molecule has 0 unspecified atom stereocenters. The van der Waals surface area contributed by atoms with Gasteiger partial charge in [0.1, 0.15) is 11.5 Å². The lowest BCUT2D eigenvalue weighted by atomic mass is 10.1. The number of benzene rings is 1. The van der Waals surface area contributed by atoms with Gasteiger partial charge in [-0.2, -0.15) is 0 Å². The van der Waals surface area contributed by atoms with Crippen molar-refractivity contribution in [2.24, 2.45) is 5.73 Å². The van der Waals surface area contributed by atoms with Crippen LogP contribution in [0.3, 0.4) is 0 Å². The molecular weight excluding hydrogens is 228 g/mol. The van der Waals surface area contributed by atoms with Gasteiger partial charge in [0.2, 0.25) is 0 Å². The number of hydrogen-bond donors (Lipinski definition) is 1. The minimum absolute atomic E-state index is 0.747. The van der Waals surface area contributed by atoms with Crippen molar-refractivity contribution >= 4 is 0 Å². The average molecular weight is 252 g/mol. The summed E-state index contributed by atoms with van der Waals surface area (Å²) in [4.78, 5) is 2.29. The van der Waals surface area contributed by atoms with Crippen LogP contribution in [0.15, 0.2) is 18.2 Å². The molecule has 1 rings (SSSR count). The first-order valence-electron chi connectivity index (χ1n) is 6.30. The second-order valence-corrected chi connectivity index (χ2v) is 4.42. The third-order valence-corrected chi connectivity index (χ3v) is 2.94. The first-order valence-corrected chi connectivity index (χ1v) is 6.30. The van der Waals surface area contributed by atoms with Crippen LogP contribution in [0.25, 0.3) is 0 Å². The Morgan fingerprint density at radius 2 is 1.67 bits per heavy atom. The van der Waals surface area contributed by atoms with Gasteiger partial charge in [0.15, 0.2) is 0 Å². The van der Waals surface area contributed by atoms with Crippen LogP contribution in [0.1, 0.15) is 12.0 Å². The van der Waals surface area contributed by atoms with Crippen LogP contribution in [0.2, 0.25) is 0 Å². The first-order chi connectivity index (χ1) is 8.69. The molecule has 0 atom stereocenters. The van der Waals surface area contributed by atoms with Crippen molar-refractivity contribution in [2.75, 3.05) is 40.9 Å². The van der Waals surface area contributed by atoms with E-state index in [-0.39, 0.29) is 0 Å². The van der Waals surface area contributed by atoms with Gasteiger partial charge in [-0.05, 0) is 50.7 Å². The lowest BCUT2D eigenvalue weighted by molar-refractivity contribution is 0.335. The summed E-state index contributed by atoms with van der Waals surface area (Å²) in [6.45, 7) is 2.80. The van der Waals surface area contributed by atoms with Crippen molar-refractivity contribution in [1.29, 1.82) is 0 Å². The summed E-state index contributed by atoms with van der Waals surface area (Å²) in [6, 6.07) is 6.00. The number of ether oxygens (including phenoxy) is 2. The van der Waals surface area contributed by atoms with Crippen molar-refractivity contribution in [3.63, 3.8) is 0 Å². The Bertz CT molecular complexity index is 333. The molecule has 1 aromatic rings. The quantitative estimate of drug-likeness (QED) is 0.762. The van der Waals surface area contributed by atoms with Gasteiger partial charge in [-0.15, -0.1) is 0 Å². The summed E-state index contributed by atoms with van der Waals surface area (Å²) >= 11 is 0. The van der Waals surface area contributed by atoms with E-state index in [1.807, 2.05) is 6.07 Å². The van der Waals surface area contributed by atoms with Crippen LogP contribution in [0.5, 0.6) is 11.5 Å². The highest BCUT2D eigenvalue weighted by atomic mass is 16.5. The van der Waals surface area contributed by atoms with Gasteiger partial charge in [0.25, 0.3) is 0 Å². The molecule has 0 aliphatic heterocycles. The molecule has 0 spiro atoms. The van der Waals surface area contributed by atoms with E-state index < -0.39 is 0 Å². The van der Waals surface area contributed by atoms with Crippen LogP contribution in [0.4, 0.5) is 0 Å². The maximum atomic E-state index is 5.50.